The summed E-state index contributed by atoms with van der Waals surface area (Å²) in [5, 5.41) is 0. The van der Waals surface area contributed by atoms with Gasteiger partial charge in [-0.15, -0.1) is 0 Å². The predicted octanol–water partition coefficient (Wildman–Crippen LogP) is 1.33. The molecule has 26 heavy (non-hydrogen) atoms. The van der Waals surface area contributed by atoms with E-state index in [0.29, 0.717) is 18.8 Å². The van der Waals surface area contributed by atoms with Gasteiger partial charge in [0.1, 0.15) is 5.76 Å². The number of rotatable bonds is 5. The van der Waals surface area contributed by atoms with Crippen LogP contribution in [0.3, 0.4) is 0 Å². The van der Waals surface area contributed by atoms with Crippen molar-refractivity contribution in [3.63, 3.8) is 0 Å². The number of nitrogens with one attached hydrogen (secondary N) is 2. The maximum Gasteiger partial charge on any atom is 0.243 e. The number of amides is 3. The molecule has 7 nitrogen and oxygen atoms in total. The summed E-state index contributed by atoms with van der Waals surface area (Å²) in [4.78, 5) is 37.9. The maximum absolute atomic E-state index is 12.2. The molecule has 1 saturated heterocycles. The molecule has 2 heterocycles. The van der Waals surface area contributed by atoms with Gasteiger partial charge >= 0.3 is 0 Å². The minimum atomic E-state index is -0.490. The van der Waals surface area contributed by atoms with E-state index in [0.717, 1.165) is 11.1 Å². The normalized spacial score (nSPS) is 16.6. The molecule has 2 aromatic rings. The SMILES string of the molecule is Cc1ccccc1CC(=O)NNC(=O)C1CC(=O)N(Cc2ccco2)C1. The molecule has 1 atom stereocenters. The molecular weight excluding hydrogens is 334 g/mol. The van der Waals surface area contributed by atoms with Gasteiger partial charge in [0.2, 0.25) is 17.7 Å². The molecule has 1 unspecified atom stereocenters. The molecular formula is C19H21N3O4. The first-order valence-electron chi connectivity index (χ1n) is 8.46. The highest BCUT2D eigenvalue weighted by Gasteiger charge is 2.34. The van der Waals surface area contributed by atoms with Crippen LogP contribution in [0.5, 0.6) is 0 Å². The fraction of sp³-hybridized carbons (Fsp3) is 0.316. The van der Waals surface area contributed by atoms with Gasteiger partial charge in [0, 0.05) is 13.0 Å². The van der Waals surface area contributed by atoms with Gasteiger partial charge in [0.15, 0.2) is 0 Å². The van der Waals surface area contributed by atoms with E-state index in [-0.39, 0.29) is 30.6 Å². The van der Waals surface area contributed by atoms with E-state index in [9.17, 15) is 14.4 Å². The number of nitrogens with zero attached hydrogens (tertiary/aromatic N) is 1. The fourth-order valence-corrected chi connectivity index (χ4v) is 2.95. The van der Waals surface area contributed by atoms with Crippen molar-refractivity contribution < 1.29 is 18.8 Å². The molecule has 136 valence electrons. The molecule has 1 aliphatic heterocycles. The lowest BCUT2D eigenvalue weighted by Crippen LogP contribution is -2.45. The third-order valence-electron chi connectivity index (χ3n) is 4.45. The highest BCUT2D eigenvalue weighted by molar-refractivity contribution is 5.90. The molecule has 0 bridgehead atoms. The first kappa shape index (κ1) is 17.7. The van der Waals surface area contributed by atoms with Crippen molar-refractivity contribution in [2.24, 2.45) is 5.92 Å². The van der Waals surface area contributed by atoms with Crippen LogP contribution in [0.1, 0.15) is 23.3 Å². The highest BCUT2D eigenvalue weighted by Crippen LogP contribution is 2.20. The van der Waals surface area contributed by atoms with E-state index < -0.39 is 5.92 Å². The Morgan fingerprint density at radius 1 is 1.19 bits per heavy atom. The number of benzene rings is 1. The lowest BCUT2D eigenvalue weighted by Gasteiger charge is -2.15. The van der Waals surface area contributed by atoms with E-state index >= 15 is 0 Å². The molecule has 1 aliphatic rings. The molecule has 2 N–H and O–H groups in total. The number of hydrogen-bond donors (Lipinski definition) is 2. The van der Waals surface area contributed by atoms with Crippen LogP contribution in [0, 0.1) is 12.8 Å². The molecule has 0 radical (unpaired) electrons. The van der Waals surface area contributed by atoms with Crippen molar-refractivity contribution >= 4 is 17.7 Å². The summed E-state index contributed by atoms with van der Waals surface area (Å²) in [6.07, 6.45) is 1.85. The molecule has 0 spiro atoms. The Hall–Kier alpha value is -3.09. The second-order valence-corrected chi connectivity index (χ2v) is 6.40. The van der Waals surface area contributed by atoms with Gasteiger partial charge in [0.05, 0.1) is 25.1 Å². The fourth-order valence-electron chi connectivity index (χ4n) is 2.95. The average Bonchev–Trinajstić information content (AvgIpc) is 3.25. The van der Waals surface area contributed by atoms with E-state index in [1.807, 2.05) is 31.2 Å². The molecule has 1 fully saturated rings. The lowest BCUT2D eigenvalue weighted by molar-refractivity contribution is -0.131. The van der Waals surface area contributed by atoms with Gasteiger partial charge in [-0.05, 0) is 30.2 Å². The van der Waals surface area contributed by atoms with E-state index in [4.69, 9.17) is 4.42 Å². The molecule has 3 amide bonds. The first-order chi connectivity index (χ1) is 12.5. The topological polar surface area (TPSA) is 91.7 Å². The molecule has 0 saturated carbocycles. The number of carbonyl (C=O) groups excluding carboxylic acids is 3. The summed E-state index contributed by atoms with van der Waals surface area (Å²) in [5.74, 6) is -0.585. The van der Waals surface area contributed by atoms with Crippen LogP contribution in [-0.2, 0) is 27.3 Å². The monoisotopic (exact) mass is 355 g/mol. The molecule has 0 aliphatic carbocycles. The van der Waals surface area contributed by atoms with E-state index in [1.165, 1.54) is 0 Å². The van der Waals surface area contributed by atoms with Crippen molar-refractivity contribution in [3.05, 3.63) is 59.5 Å². The summed E-state index contributed by atoms with van der Waals surface area (Å²) in [5.41, 5.74) is 6.77. The summed E-state index contributed by atoms with van der Waals surface area (Å²) in [6, 6.07) is 11.1. The third kappa shape index (κ3) is 4.30. The number of aryl methyl sites for hydroxylation is 1. The molecule has 1 aromatic heterocycles. The zero-order chi connectivity index (χ0) is 18.5. The van der Waals surface area contributed by atoms with Crippen molar-refractivity contribution in [2.75, 3.05) is 6.54 Å². The van der Waals surface area contributed by atoms with E-state index in [1.54, 1.807) is 23.3 Å². The number of carbonyl (C=O) groups is 3. The number of hydrogen-bond acceptors (Lipinski definition) is 4. The van der Waals surface area contributed by atoms with Gasteiger partial charge in [-0.1, -0.05) is 24.3 Å². The smallest absolute Gasteiger partial charge is 0.243 e. The Kier molecular flexibility index (Phi) is 5.36. The first-order valence-corrected chi connectivity index (χ1v) is 8.46. The Bertz CT molecular complexity index is 801. The number of likely N-dealkylation sites (tertiary alicyclic amines) is 1. The van der Waals surface area contributed by atoms with Gasteiger partial charge < -0.3 is 9.32 Å². The summed E-state index contributed by atoms with van der Waals surface area (Å²) >= 11 is 0. The van der Waals surface area contributed by atoms with Crippen LogP contribution in [0.2, 0.25) is 0 Å². The van der Waals surface area contributed by atoms with Crippen molar-refractivity contribution in [3.8, 4) is 0 Å². The van der Waals surface area contributed by atoms with Crippen molar-refractivity contribution in [1.29, 1.82) is 0 Å². The Balaban J connectivity index is 1.47. The van der Waals surface area contributed by atoms with Crippen LogP contribution in [-0.4, -0.2) is 29.2 Å². The molecule has 1 aromatic carbocycles. The van der Waals surface area contributed by atoms with Gasteiger partial charge in [-0.25, -0.2) is 0 Å². The summed E-state index contributed by atoms with van der Waals surface area (Å²) in [7, 11) is 0. The van der Waals surface area contributed by atoms with Crippen LogP contribution in [0.4, 0.5) is 0 Å². The zero-order valence-electron chi connectivity index (χ0n) is 14.5. The molecule has 7 heteroatoms. The summed E-state index contributed by atoms with van der Waals surface area (Å²) < 4.78 is 5.23. The van der Waals surface area contributed by atoms with Crippen molar-refractivity contribution in [2.45, 2.75) is 26.3 Å². The standard InChI is InChI=1S/C19H21N3O4/c1-13-5-2-3-6-14(13)9-17(23)20-21-19(25)15-10-18(24)22(11-15)12-16-7-4-8-26-16/h2-8,15H,9-12H2,1H3,(H,20,23)(H,21,25). The van der Waals surface area contributed by atoms with Crippen molar-refractivity contribution in [1.82, 2.24) is 15.8 Å². The molecule has 3 rings (SSSR count). The summed E-state index contributed by atoms with van der Waals surface area (Å²) in [6.45, 7) is 2.58. The van der Waals surface area contributed by atoms with Crippen LogP contribution in [0.25, 0.3) is 0 Å². The maximum atomic E-state index is 12.2. The second-order valence-electron chi connectivity index (χ2n) is 6.40. The van der Waals surface area contributed by atoms with Gasteiger partial charge in [0.25, 0.3) is 0 Å². The van der Waals surface area contributed by atoms with Crippen LogP contribution < -0.4 is 10.9 Å². The Morgan fingerprint density at radius 2 is 2.00 bits per heavy atom. The minimum absolute atomic E-state index is 0.104. The van der Waals surface area contributed by atoms with Crippen LogP contribution in [0.15, 0.2) is 47.1 Å². The van der Waals surface area contributed by atoms with Crippen LogP contribution >= 0.6 is 0 Å². The third-order valence-corrected chi connectivity index (χ3v) is 4.45. The number of furan rings is 1. The average molecular weight is 355 g/mol. The van der Waals surface area contributed by atoms with Gasteiger partial charge in [-0.2, -0.15) is 0 Å². The zero-order valence-corrected chi connectivity index (χ0v) is 14.5. The highest BCUT2D eigenvalue weighted by atomic mass is 16.3. The van der Waals surface area contributed by atoms with E-state index in [2.05, 4.69) is 10.9 Å². The van der Waals surface area contributed by atoms with Gasteiger partial charge in [-0.3, -0.25) is 25.2 Å². The largest absolute Gasteiger partial charge is 0.467 e. The lowest BCUT2D eigenvalue weighted by atomic mass is 10.1. The minimum Gasteiger partial charge on any atom is -0.467 e. The Labute approximate surface area is 151 Å². The number of hydrazine groups is 1. The Morgan fingerprint density at radius 3 is 2.73 bits per heavy atom. The second kappa shape index (κ2) is 7.86. The predicted molar refractivity (Wildman–Crippen MR) is 93.4 cm³/mol. The quantitative estimate of drug-likeness (QED) is 0.792.